The van der Waals surface area contributed by atoms with Crippen molar-refractivity contribution in [3.8, 4) is 11.5 Å². The number of carbonyl (C=O) groups excluding carboxylic acids is 2. The number of amides is 1. The predicted molar refractivity (Wildman–Crippen MR) is 124 cm³/mol. The Hall–Kier alpha value is -3.22. The first kappa shape index (κ1) is 24.4. The van der Waals surface area contributed by atoms with Gasteiger partial charge in [-0.05, 0) is 51.8 Å². The SMILES string of the molecule is CCOC(=O)[C@@H]1Cc2c(ccc(OC)c2OCc2ccc(C)cc2)CN1C(=O)OC(C)(C)C. The average molecular weight is 456 g/mol. The quantitative estimate of drug-likeness (QED) is 0.582. The number of methoxy groups -OCH3 is 1. The van der Waals surface area contributed by atoms with Crippen LogP contribution < -0.4 is 9.47 Å². The Morgan fingerprint density at radius 1 is 1.09 bits per heavy atom. The Balaban J connectivity index is 1.95. The molecule has 2 aromatic rings. The molecule has 0 saturated carbocycles. The second-order valence-corrected chi connectivity index (χ2v) is 9.09. The number of carbonyl (C=O) groups is 2. The van der Waals surface area contributed by atoms with Crippen molar-refractivity contribution in [2.24, 2.45) is 0 Å². The number of aryl methyl sites for hydroxylation is 1. The van der Waals surface area contributed by atoms with Gasteiger partial charge in [0.15, 0.2) is 11.5 Å². The fourth-order valence-electron chi connectivity index (χ4n) is 3.74. The molecule has 7 heteroatoms. The van der Waals surface area contributed by atoms with Crippen molar-refractivity contribution in [1.29, 1.82) is 0 Å². The molecule has 0 radical (unpaired) electrons. The summed E-state index contributed by atoms with van der Waals surface area (Å²) in [6, 6.07) is 11.0. The zero-order valence-electron chi connectivity index (χ0n) is 20.3. The number of hydrogen-bond donors (Lipinski definition) is 0. The van der Waals surface area contributed by atoms with Gasteiger partial charge in [-0.3, -0.25) is 4.90 Å². The molecule has 3 rings (SSSR count). The van der Waals surface area contributed by atoms with Crippen molar-refractivity contribution in [1.82, 2.24) is 4.90 Å². The normalized spacial score (nSPS) is 15.5. The molecule has 0 aliphatic carbocycles. The zero-order chi connectivity index (χ0) is 24.2. The fourth-order valence-corrected chi connectivity index (χ4v) is 3.74. The number of hydrogen-bond acceptors (Lipinski definition) is 6. The number of esters is 1. The summed E-state index contributed by atoms with van der Waals surface area (Å²) in [6.45, 7) is 9.95. The summed E-state index contributed by atoms with van der Waals surface area (Å²) in [5.74, 6) is 0.684. The Labute approximate surface area is 195 Å². The third-order valence-electron chi connectivity index (χ3n) is 5.35. The molecule has 0 unspecified atom stereocenters. The Bertz CT molecular complexity index is 993. The second kappa shape index (κ2) is 10.1. The van der Waals surface area contributed by atoms with Crippen LogP contribution in [0, 0.1) is 6.92 Å². The summed E-state index contributed by atoms with van der Waals surface area (Å²) in [7, 11) is 1.58. The maximum Gasteiger partial charge on any atom is 0.411 e. The van der Waals surface area contributed by atoms with Crippen LogP contribution in [0.25, 0.3) is 0 Å². The monoisotopic (exact) mass is 455 g/mol. The molecule has 2 aromatic carbocycles. The van der Waals surface area contributed by atoms with Crippen LogP contribution in [0.3, 0.4) is 0 Å². The summed E-state index contributed by atoms with van der Waals surface area (Å²) >= 11 is 0. The van der Waals surface area contributed by atoms with Crippen molar-refractivity contribution in [2.45, 2.75) is 65.8 Å². The van der Waals surface area contributed by atoms with Crippen LogP contribution in [-0.4, -0.2) is 42.3 Å². The molecule has 1 atom stereocenters. The maximum absolute atomic E-state index is 12.9. The molecule has 0 spiro atoms. The van der Waals surface area contributed by atoms with E-state index in [0.717, 1.165) is 16.7 Å². The summed E-state index contributed by atoms with van der Waals surface area (Å²) in [4.78, 5) is 27.2. The van der Waals surface area contributed by atoms with Crippen LogP contribution in [0.1, 0.15) is 49.9 Å². The lowest BCUT2D eigenvalue weighted by Crippen LogP contribution is -2.50. The molecule has 0 fully saturated rings. The van der Waals surface area contributed by atoms with Crippen LogP contribution in [0.15, 0.2) is 36.4 Å². The molecular formula is C26H33NO6. The molecule has 178 valence electrons. The number of fused-ring (bicyclic) bond motifs is 1. The van der Waals surface area contributed by atoms with Crippen molar-refractivity contribution >= 4 is 12.1 Å². The van der Waals surface area contributed by atoms with Gasteiger partial charge in [0, 0.05) is 12.0 Å². The highest BCUT2D eigenvalue weighted by atomic mass is 16.6. The Morgan fingerprint density at radius 2 is 1.79 bits per heavy atom. The van der Waals surface area contributed by atoms with E-state index in [2.05, 4.69) is 0 Å². The molecule has 7 nitrogen and oxygen atoms in total. The Morgan fingerprint density at radius 3 is 2.39 bits per heavy atom. The van der Waals surface area contributed by atoms with E-state index in [4.69, 9.17) is 18.9 Å². The van der Waals surface area contributed by atoms with Crippen LogP contribution in [0.2, 0.25) is 0 Å². The van der Waals surface area contributed by atoms with Gasteiger partial charge in [0.1, 0.15) is 18.2 Å². The van der Waals surface area contributed by atoms with E-state index in [1.54, 1.807) is 34.8 Å². The van der Waals surface area contributed by atoms with E-state index < -0.39 is 23.7 Å². The van der Waals surface area contributed by atoms with Crippen molar-refractivity contribution in [3.05, 3.63) is 58.7 Å². The predicted octanol–water partition coefficient (Wildman–Crippen LogP) is 4.81. The highest BCUT2D eigenvalue weighted by Crippen LogP contribution is 2.39. The summed E-state index contributed by atoms with van der Waals surface area (Å²) in [6.07, 6.45) is -0.308. The highest BCUT2D eigenvalue weighted by Gasteiger charge is 2.39. The number of benzene rings is 2. The van der Waals surface area contributed by atoms with Gasteiger partial charge in [0.2, 0.25) is 0 Å². The lowest BCUT2D eigenvalue weighted by atomic mass is 9.92. The highest BCUT2D eigenvalue weighted by molar-refractivity contribution is 5.83. The smallest absolute Gasteiger partial charge is 0.411 e. The van der Waals surface area contributed by atoms with Gasteiger partial charge >= 0.3 is 12.1 Å². The van der Waals surface area contributed by atoms with Gasteiger partial charge < -0.3 is 18.9 Å². The van der Waals surface area contributed by atoms with E-state index in [1.165, 1.54) is 10.5 Å². The van der Waals surface area contributed by atoms with Crippen LogP contribution in [-0.2, 0) is 33.8 Å². The molecule has 0 N–H and O–H groups in total. The molecule has 33 heavy (non-hydrogen) atoms. The van der Waals surface area contributed by atoms with Crippen LogP contribution in [0.5, 0.6) is 11.5 Å². The van der Waals surface area contributed by atoms with Crippen molar-refractivity contribution in [2.75, 3.05) is 13.7 Å². The molecular weight excluding hydrogens is 422 g/mol. The second-order valence-electron chi connectivity index (χ2n) is 9.09. The lowest BCUT2D eigenvalue weighted by Gasteiger charge is -2.37. The van der Waals surface area contributed by atoms with Crippen molar-refractivity contribution < 1.29 is 28.5 Å². The topological polar surface area (TPSA) is 74.3 Å². The Kier molecular flexibility index (Phi) is 7.51. The third-order valence-corrected chi connectivity index (χ3v) is 5.35. The number of nitrogens with zero attached hydrogens (tertiary/aromatic N) is 1. The summed E-state index contributed by atoms with van der Waals surface area (Å²) in [5.41, 5.74) is 3.22. The van der Waals surface area contributed by atoms with Crippen molar-refractivity contribution in [3.63, 3.8) is 0 Å². The van der Waals surface area contributed by atoms with Gasteiger partial charge in [-0.15, -0.1) is 0 Å². The van der Waals surface area contributed by atoms with Crippen LogP contribution in [0.4, 0.5) is 4.79 Å². The maximum atomic E-state index is 12.9. The fraction of sp³-hybridized carbons (Fsp3) is 0.462. The third kappa shape index (κ3) is 5.97. The molecule has 0 bridgehead atoms. The molecule has 1 amide bonds. The first-order chi connectivity index (χ1) is 15.6. The number of ether oxygens (including phenoxy) is 4. The lowest BCUT2D eigenvalue weighted by molar-refractivity contribution is -0.150. The molecule has 0 aromatic heterocycles. The first-order valence-corrected chi connectivity index (χ1v) is 11.2. The molecule has 1 heterocycles. The largest absolute Gasteiger partial charge is 0.493 e. The standard InChI is InChI=1S/C26H33NO6/c1-7-31-24(28)21-14-20-19(15-27(21)25(29)33-26(3,4)5)12-13-22(30-6)23(20)32-16-18-10-8-17(2)9-11-18/h8-13,21H,7,14-16H2,1-6H3/t21-/m0/s1. The van der Waals surface area contributed by atoms with Gasteiger partial charge in [-0.1, -0.05) is 35.9 Å². The van der Waals surface area contributed by atoms with Gasteiger partial charge in [-0.2, -0.15) is 0 Å². The minimum absolute atomic E-state index is 0.207. The number of rotatable bonds is 6. The van der Waals surface area contributed by atoms with E-state index in [9.17, 15) is 9.59 Å². The molecule has 1 aliphatic rings. The van der Waals surface area contributed by atoms with E-state index in [-0.39, 0.29) is 19.6 Å². The minimum Gasteiger partial charge on any atom is -0.493 e. The van der Waals surface area contributed by atoms with Gasteiger partial charge in [0.25, 0.3) is 0 Å². The first-order valence-electron chi connectivity index (χ1n) is 11.2. The van der Waals surface area contributed by atoms with Gasteiger partial charge in [0.05, 0.1) is 20.3 Å². The minimum atomic E-state index is -0.818. The molecule has 1 aliphatic heterocycles. The zero-order valence-corrected chi connectivity index (χ0v) is 20.3. The van der Waals surface area contributed by atoms with Crippen LogP contribution >= 0.6 is 0 Å². The van der Waals surface area contributed by atoms with E-state index in [1.807, 2.05) is 43.3 Å². The summed E-state index contributed by atoms with van der Waals surface area (Å²) in [5, 5.41) is 0. The van der Waals surface area contributed by atoms with E-state index in [0.29, 0.717) is 18.1 Å². The van der Waals surface area contributed by atoms with Gasteiger partial charge in [-0.25, -0.2) is 9.59 Å². The van der Waals surface area contributed by atoms with E-state index >= 15 is 0 Å². The summed E-state index contributed by atoms with van der Waals surface area (Å²) < 4.78 is 22.6. The average Bonchev–Trinajstić information content (AvgIpc) is 2.76. The molecule has 0 saturated heterocycles.